The van der Waals surface area contributed by atoms with Crippen molar-refractivity contribution in [3.05, 3.63) is 69.5 Å². The maximum absolute atomic E-state index is 12.3. The smallest absolute Gasteiger partial charge is 0.291 e. The molecule has 3 aromatic rings. The second-order valence-electron chi connectivity index (χ2n) is 6.33. The summed E-state index contributed by atoms with van der Waals surface area (Å²) in [6.45, 7) is 3.31. The van der Waals surface area contributed by atoms with Crippen LogP contribution >= 0.6 is 11.6 Å². The van der Waals surface area contributed by atoms with Gasteiger partial charge in [0.05, 0.1) is 5.69 Å². The monoisotopic (exact) mass is 410 g/mol. The number of anilines is 3. The molecular formula is C21H19ClN4O3. The molecular weight excluding hydrogens is 392 g/mol. The van der Waals surface area contributed by atoms with Crippen LogP contribution in [0.5, 0.6) is 0 Å². The standard InChI is InChI=1S/C21H19ClN4O3/c1-3-17(27)20(29)23-15-8-4-13(5-9-15)18-12(2)19(28)26-21(25-18)24-16-10-6-14(22)7-11-16/h4-11H,3H2,1-2H3,(H,23,29)(H2,24,25,26,28). The van der Waals surface area contributed by atoms with Gasteiger partial charge in [0.2, 0.25) is 11.7 Å². The van der Waals surface area contributed by atoms with Crippen LogP contribution in [0.15, 0.2) is 53.3 Å². The zero-order valence-corrected chi connectivity index (χ0v) is 16.6. The third-order valence-corrected chi connectivity index (χ3v) is 4.50. The van der Waals surface area contributed by atoms with Crippen molar-refractivity contribution < 1.29 is 9.59 Å². The lowest BCUT2D eigenvalue weighted by Crippen LogP contribution is -2.21. The van der Waals surface area contributed by atoms with Crippen LogP contribution in [0.1, 0.15) is 18.9 Å². The molecule has 0 aliphatic heterocycles. The average Bonchev–Trinajstić information content (AvgIpc) is 2.72. The van der Waals surface area contributed by atoms with Crippen LogP contribution in [-0.2, 0) is 9.59 Å². The Morgan fingerprint density at radius 3 is 2.28 bits per heavy atom. The Balaban J connectivity index is 1.87. The molecule has 0 radical (unpaired) electrons. The highest BCUT2D eigenvalue weighted by atomic mass is 35.5. The lowest BCUT2D eigenvalue weighted by molar-refractivity contribution is -0.134. The number of aromatic nitrogens is 2. The molecule has 0 saturated carbocycles. The van der Waals surface area contributed by atoms with Gasteiger partial charge in [0.1, 0.15) is 0 Å². The van der Waals surface area contributed by atoms with Crippen LogP contribution in [0.4, 0.5) is 17.3 Å². The second kappa shape index (κ2) is 8.70. The van der Waals surface area contributed by atoms with Gasteiger partial charge in [-0.1, -0.05) is 30.7 Å². The maximum atomic E-state index is 12.3. The van der Waals surface area contributed by atoms with Gasteiger partial charge in [-0.15, -0.1) is 0 Å². The number of ketones is 1. The number of hydrogen-bond donors (Lipinski definition) is 3. The zero-order valence-electron chi connectivity index (χ0n) is 15.9. The minimum atomic E-state index is -0.653. The normalized spacial score (nSPS) is 10.4. The highest BCUT2D eigenvalue weighted by Gasteiger charge is 2.13. The molecule has 0 bridgehead atoms. The molecule has 7 nitrogen and oxygen atoms in total. The van der Waals surface area contributed by atoms with E-state index in [0.29, 0.717) is 33.5 Å². The van der Waals surface area contributed by atoms with E-state index in [4.69, 9.17) is 11.6 Å². The van der Waals surface area contributed by atoms with E-state index in [0.717, 1.165) is 5.69 Å². The summed E-state index contributed by atoms with van der Waals surface area (Å²) in [5.74, 6) is -0.844. The van der Waals surface area contributed by atoms with Crippen LogP contribution in [0.2, 0.25) is 5.02 Å². The number of nitrogens with zero attached hydrogens (tertiary/aromatic N) is 1. The summed E-state index contributed by atoms with van der Waals surface area (Å²) in [5.41, 5.74) is 2.62. The van der Waals surface area contributed by atoms with Gasteiger partial charge >= 0.3 is 0 Å². The predicted molar refractivity (Wildman–Crippen MR) is 114 cm³/mol. The first kappa shape index (κ1) is 20.3. The zero-order chi connectivity index (χ0) is 21.0. The van der Waals surface area contributed by atoms with Crippen molar-refractivity contribution in [1.82, 2.24) is 9.97 Å². The summed E-state index contributed by atoms with van der Waals surface area (Å²) in [6, 6.07) is 13.8. The molecule has 8 heteroatoms. The molecule has 1 aromatic heterocycles. The molecule has 1 heterocycles. The Hall–Kier alpha value is -3.45. The molecule has 0 fully saturated rings. The molecule has 0 saturated heterocycles. The Morgan fingerprint density at radius 2 is 1.66 bits per heavy atom. The Bertz CT molecular complexity index is 1110. The molecule has 29 heavy (non-hydrogen) atoms. The molecule has 3 N–H and O–H groups in total. The highest BCUT2D eigenvalue weighted by molar-refractivity contribution is 6.40. The SMILES string of the molecule is CCC(=O)C(=O)Nc1ccc(-c2nc(Nc3ccc(Cl)cc3)[nH]c(=O)c2C)cc1. The lowest BCUT2D eigenvalue weighted by Gasteiger charge is -2.10. The molecule has 0 aliphatic carbocycles. The summed E-state index contributed by atoms with van der Waals surface area (Å²) >= 11 is 5.89. The van der Waals surface area contributed by atoms with E-state index in [1.54, 1.807) is 62.4 Å². The predicted octanol–water partition coefficient (Wildman–Crippen LogP) is 4.06. The summed E-state index contributed by atoms with van der Waals surface area (Å²) < 4.78 is 0. The number of carbonyl (C=O) groups excluding carboxylic acids is 2. The van der Waals surface area contributed by atoms with E-state index >= 15 is 0 Å². The molecule has 0 unspecified atom stereocenters. The van der Waals surface area contributed by atoms with Crippen molar-refractivity contribution in [2.75, 3.05) is 10.6 Å². The number of H-pyrrole nitrogens is 1. The molecule has 0 atom stereocenters. The van der Waals surface area contributed by atoms with E-state index in [1.165, 1.54) is 0 Å². The van der Waals surface area contributed by atoms with E-state index in [9.17, 15) is 14.4 Å². The van der Waals surface area contributed by atoms with Crippen LogP contribution in [-0.4, -0.2) is 21.7 Å². The number of amides is 1. The van der Waals surface area contributed by atoms with Crippen LogP contribution in [0, 0.1) is 6.92 Å². The third kappa shape index (κ3) is 4.89. The van der Waals surface area contributed by atoms with E-state index in [2.05, 4.69) is 20.6 Å². The van der Waals surface area contributed by atoms with E-state index in [-0.39, 0.29) is 12.0 Å². The van der Waals surface area contributed by atoms with Crippen molar-refractivity contribution in [1.29, 1.82) is 0 Å². The first-order chi connectivity index (χ1) is 13.9. The number of aromatic amines is 1. The van der Waals surface area contributed by atoms with Crippen LogP contribution < -0.4 is 16.2 Å². The topological polar surface area (TPSA) is 104 Å². The summed E-state index contributed by atoms with van der Waals surface area (Å²) in [7, 11) is 0. The fourth-order valence-electron chi connectivity index (χ4n) is 2.62. The number of Topliss-reactive ketones (excluding diaryl/α,β-unsaturated/α-hetero) is 1. The number of nitrogens with one attached hydrogen (secondary N) is 3. The van der Waals surface area contributed by atoms with Gasteiger partial charge in [0.25, 0.3) is 11.5 Å². The van der Waals surface area contributed by atoms with Gasteiger partial charge in [-0.2, -0.15) is 0 Å². The van der Waals surface area contributed by atoms with Gasteiger partial charge in [0.15, 0.2) is 0 Å². The number of rotatable bonds is 6. The van der Waals surface area contributed by atoms with E-state index < -0.39 is 11.7 Å². The Morgan fingerprint density at radius 1 is 1.03 bits per heavy atom. The van der Waals surface area contributed by atoms with Gasteiger partial charge in [-0.05, 0) is 43.3 Å². The maximum Gasteiger partial charge on any atom is 0.291 e. The number of halogens is 1. The molecule has 3 rings (SSSR count). The second-order valence-corrected chi connectivity index (χ2v) is 6.76. The van der Waals surface area contributed by atoms with Gasteiger partial charge in [0, 0.05) is 33.9 Å². The van der Waals surface area contributed by atoms with Crippen molar-refractivity contribution in [3.8, 4) is 11.3 Å². The summed E-state index contributed by atoms with van der Waals surface area (Å²) in [6.07, 6.45) is 0.142. The largest absolute Gasteiger partial charge is 0.326 e. The Labute approximate surface area is 172 Å². The van der Waals surface area contributed by atoms with Gasteiger partial charge in [-0.25, -0.2) is 4.98 Å². The van der Waals surface area contributed by atoms with Gasteiger partial charge in [-0.3, -0.25) is 19.4 Å². The first-order valence-electron chi connectivity index (χ1n) is 8.95. The van der Waals surface area contributed by atoms with Crippen molar-refractivity contribution in [3.63, 3.8) is 0 Å². The molecule has 148 valence electrons. The number of benzene rings is 2. The molecule has 2 aromatic carbocycles. The lowest BCUT2D eigenvalue weighted by atomic mass is 10.1. The van der Waals surface area contributed by atoms with Crippen molar-refractivity contribution >= 4 is 40.6 Å². The van der Waals surface area contributed by atoms with E-state index in [1.807, 2.05) is 0 Å². The van der Waals surface area contributed by atoms with Gasteiger partial charge < -0.3 is 10.6 Å². The molecule has 1 amide bonds. The number of carbonyl (C=O) groups is 2. The van der Waals surface area contributed by atoms with Crippen molar-refractivity contribution in [2.24, 2.45) is 0 Å². The minimum absolute atomic E-state index is 0.142. The number of hydrogen-bond acceptors (Lipinski definition) is 5. The molecule has 0 aliphatic rings. The molecule has 0 spiro atoms. The minimum Gasteiger partial charge on any atom is -0.326 e. The summed E-state index contributed by atoms with van der Waals surface area (Å²) in [5, 5.41) is 6.20. The Kier molecular flexibility index (Phi) is 6.09. The van der Waals surface area contributed by atoms with Crippen LogP contribution in [0.3, 0.4) is 0 Å². The first-order valence-corrected chi connectivity index (χ1v) is 9.33. The van der Waals surface area contributed by atoms with Crippen molar-refractivity contribution in [2.45, 2.75) is 20.3 Å². The van der Waals surface area contributed by atoms with Crippen LogP contribution in [0.25, 0.3) is 11.3 Å². The fraction of sp³-hybridized carbons (Fsp3) is 0.143. The average molecular weight is 411 g/mol. The quantitative estimate of drug-likeness (QED) is 0.531. The third-order valence-electron chi connectivity index (χ3n) is 4.25. The fourth-order valence-corrected chi connectivity index (χ4v) is 2.74. The summed E-state index contributed by atoms with van der Waals surface area (Å²) in [4.78, 5) is 42.7. The highest BCUT2D eigenvalue weighted by Crippen LogP contribution is 2.23.